The van der Waals surface area contributed by atoms with Gasteiger partial charge in [-0.15, -0.1) is 13.2 Å². The Morgan fingerprint density at radius 2 is 1.48 bits per heavy atom. The fraction of sp³-hybridized carbons (Fsp3) is 0.654. The predicted molar refractivity (Wildman–Crippen MR) is 125 cm³/mol. The average molecular weight is 405 g/mol. The second kappa shape index (κ2) is 17.4. The van der Waals surface area contributed by atoms with Crippen molar-refractivity contribution >= 4 is 6.29 Å². The van der Waals surface area contributed by atoms with Gasteiger partial charge < -0.3 is 9.47 Å². The molecule has 2 rings (SSSR count). The summed E-state index contributed by atoms with van der Waals surface area (Å²) in [7, 11) is 0. The number of hydrogen-bond donors (Lipinski definition) is 0. The van der Waals surface area contributed by atoms with Crippen LogP contribution in [0.15, 0.2) is 37.4 Å². The van der Waals surface area contributed by atoms with Crippen LogP contribution in [0.4, 0.5) is 0 Å². The number of carbonyl (C=O) groups is 1. The van der Waals surface area contributed by atoms with Crippen LogP contribution >= 0.6 is 0 Å². The Bertz CT molecular complexity index is 497. The molecule has 1 fully saturated rings. The fourth-order valence-corrected chi connectivity index (χ4v) is 4.05. The first kappa shape index (κ1) is 27.5. The van der Waals surface area contributed by atoms with Crippen molar-refractivity contribution in [2.75, 3.05) is 13.2 Å². The van der Waals surface area contributed by atoms with Gasteiger partial charge in [0.15, 0.2) is 6.29 Å². The zero-order chi connectivity index (χ0) is 22.1. The molecule has 1 aliphatic rings. The minimum absolute atomic E-state index is 0.0370. The largest absolute Gasteiger partial charge is 0.353 e. The first-order chi connectivity index (χ1) is 14.0. The van der Waals surface area contributed by atoms with Crippen molar-refractivity contribution in [1.29, 1.82) is 0 Å². The Morgan fingerprint density at radius 1 is 0.966 bits per heavy atom. The number of benzene rings is 1. The van der Waals surface area contributed by atoms with E-state index >= 15 is 0 Å². The Morgan fingerprint density at radius 3 is 1.90 bits per heavy atom. The Balaban J connectivity index is 0.000000664. The van der Waals surface area contributed by atoms with Gasteiger partial charge in [0.1, 0.15) is 6.29 Å². The van der Waals surface area contributed by atoms with Crippen molar-refractivity contribution in [1.82, 2.24) is 0 Å². The highest BCUT2D eigenvalue weighted by Crippen LogP contribution is 2.39. The minimum atomic E-state index is -0.0370. The number of hydrogen-bond acceptors (Lipinski definition) is 3. The maximum atomic E-state index is 10.7. The van der Waals surface area contributed by atoms with Crippen molar-refractivity contribution in [2.24, 2.45) is 11.8 Å². The van der Waals surface area contributed by atoms with Crippen LogP contribution in [0.5, 0.6) is 0 Å². The van der Waals surface area contributed by atoms with E-state index < -0.39 is 0 Å². The molecule has 0 amide bonds. The fourth-order valence-electron chi connectivity index (χ4n) is 4.05. The second-order valence-electron chi connectivity index (χ2n) is 7.62. The van der Waals surface area contributed by atoms with E-state index in [1.807, 2.05) is 32.9 Å². The van der Waals surface area contributed by atoms with E-state index in [-0.39, 0.29) is 6.29 Å². The van der Waals surface area contributed by atoms with Crippen molar-refractivity contribution in [3.8, 4) is 0 Å². The lowest BCUT2D eigenvalue weighted by molar-refractivity contribution is -0.123. The second-order valence-corrected chi connectivity index (χ2v) is 7.62. The molecule has 0 heterocycles. The molecule has 1 atom stereocenters. The summed E-state index contributed by atoms with van der Waals surface area (Å²) in [4.78, 5) is 10.7. The van der Waals surface area contributed by atoms with Crippen LogP contribution in [0.1, 0.15) is 95.0 Å². The summed E-state index contributed by atoms with van der Waals surface area (Å²) >= 11 is 0. The molecule has 1 aromatic rings. The summed E-state index contributed by atoms with van der Waals surface area (Å²) in [5.41, 5.74) is 2.17. The third kappa shape index (κ3) is 11.3. The molecule has 3 heteroatoms. The molecule has 1 saturated carbocycles. The summed E-state index contributed by atoms with van der Waals surface area (Å²) in [5.74, 6) is 2.43. The highest BCUT2D eigenvalue weighted by Gasteiger charge is 2.25. The number of ether oxygens (including phenoxy) is 2. The van der Waals surface area contributed by atoms with Gasteiger partial charge in [0.2, 0.25) is 0 Å². The number of carbonyl (C=O) groups excluding carboxylic acids is 1. The normalized spacial score (nSPS) is 19.4. The van der Waals surface area contributed by atoms with Crippen LogP contribution < -0.4 is 0 Å². The molecule has 0 radical (unpaired) electrons. The maximum Gasteiger partial charge on any atom is 0.154 e. The summed E-state index contributed by atoms with van der Waals surface area (Å²) in [5, 5.41) is 0. The molecule has 1 aliphatic carbocycles. The van der Waals surface area contributed by atoms with E-state index in [1.54, 1.807) is 0 Å². The summed E-state index contributed by atoms with van der Waals surface area (Å²) in [6.07, 6.45) is 9.20. The molecule has 1 unspecified atom stereocenters. The first-order valence-electron chi connectivity index (χ1n) is 11.3. The number of aldehydes is 1. The molecule has 0 N–H and O–H groups in total. The van der Waals surface area contributed by atoms with E-state index in [0.717, 1.165) is 36.9 Å². The zero-order valence-corrected chi connectivity index (χ0v) is 19.5. The van der Waals surface area contributed by atoms with E-state index in [1.165, 1.54) is 44.1 Å². The summed E-state index contributed by atoms with van der Waals surface area (Å²) in [6.45, 7) is 17.9. The molecule has 166 valence electrons. The van der Waals surface area contributed by atoms with E-state index in [0.29, 0.717) is 5.92 Å². The van der Waals surface area contributed by atoms with Gasteiger partial charge in [-0.25, -0.2) is 0 Å². The lowest BCUT2D eigenvalue weighted by atomic mass is 9.73. The maximum absolute atomic E-state index is 10.7. The predicted octanol–water partition coefficient (Wildman–Crippen LogP) is 7.42. The average Bonchev–Trinajstić information content (AvgIpc) is 2.76. The molecule has 0 bridgehead atoms. The topological polar surface area (TPSA) is 35.5 Å². The molecule has 3 nitrogen and oxygen atoms in total. The van der Waals surface area contributed by atoms with Crippen molar-refractivity contribution in [2.45, 2.75) is 85.4 Å². The molecule has 0 saturated heterocycles. The molecule has 0 spiro atoms. The van der Waals surface area contributed by atoms with Gasteiger partial charge in [-0.3, -0.25) is 4.79 Å². The van der Waals surface area contributed by atoms with E-state index in [2.05, 4.69) is 39.1 Å². The summed E-state index contributed by atoms with van der Waals surface area (Å²) in [6, 6.07) is 8.15. The van der Waals surface area contributed by atoms with Crippen molar-refractivity contribution in [3.63, 3.8) is 0 Å². The van der Waals surface area contributed by atoms with Crippen LogP contribution in [0.2, 0.25) is 0 Å². The third-order valence-corrected chi connectivity index (χ3v) is 5.70. The quantitative estimate of drug-likeness (QED) is 0.244. The highest BCUT2D eigenvalue weighted by atomic mass is 16.7. The standard InChI is InChI=1S/C18H26O.C6H14O2.C2H4/c1-3-4-15-5-9-17(10-6-15)14(2)18-11-7-16(13-19)8-12-18;1-4-7-6(3)8-5-2;1-2/h7-8,11-15,17H,3-6,9-10H2,1-2H3;6H,4-5H2,1-3H3;1-2H2. The molecular formula is C26H44O3. The van der Waals surface area contributed by atoms with Crippen LogP contribution in [0, 0.1) is 11.8 Å². The lowest BCUT2D eigenvalue weighted by Gasteiger charge is -2.32. The van der Waals surface area contributed by atoms with Gasteiger partial charge in [-0.05, 0) is 56.9 Å². The van der Waals surface area contributed by atoms with Crippen LogP contribution in [0.3, 0.4) is 0 Å². The molecule has 29 heavy (non-hydrogen) atoms. The molecule has 1 aromatic carbocycles. The lowest BCUT2D eigenvalue weighted by Crippen LogP contribution is -2.19. The van der Waals surface area contributed by atoms with Crippen LogP contribution in [0.25, 0.3) is 0 Å². The Hall–Kier alpha value is -1.45. The van der Waals surface area contributed by atoms with Gasteiger partial charge >= 0.3 is 0 Å². The first-order valence-corrected chi connectivity index (χ1v) is 11.3. The smallest absolute Gasteiger partial charge is 0.154 e. The van der Waals surface area contributed by atoms with E-state index in [4.69, 9.17) is 9.47 Å². The minimum Gasteiger partial charge on any atom is -0.353 e. The Kier molecular flexibility index (Phi) is 16.5. The molecule has 0 aliphatic heterocycles. The molecule has 0 aromatic heterocycles. The van der Waals surface area contributed by atoms with Crippen LogP contribution in [-0.2, 0) is 9.47 Å². The van der Waals surface area contributed by atoms with Crippen molar-refractivity contribution < 1.29 is 14.3 Å². The molecular weight excluding hydrogens is 360 g/mol. The zero-order valence-electron chi connectivity index (χ0n) is 19.5. The van der Waals surface area contributed by atoms with Gasteiger partial charge in [0.25, 0.3) is 0 Å². The van der Waals surface area contributed by atoms with Gasteiger partial charge in [0.05, 0.1) is 0 Å². The SMILES string of the molecule is C=C.CCCC1CCC(C(C)c2ccc(C=O)cc2)CC1.CCOC(C)OCC. The highest BCUT2D eigenvalue weighted by molar-refractivity contribution is 5.74. The monoisotopic (exact) mass is 404 g/mol. The van der Waals surface area contributed by atoms with E-state index in [9.17, 15) is 4.79 Å². The van der Waals surface area contributed by atoms with Gasteiger partial charge in [0, 0.05) is 18.8 Å². The van der Waals surface area contributed by atoms with Gasteiger partial charge in [-0.1, -0.05) is 63.8 Å². The third-order valence-electron chi connectivity index (χ3n) is 5.70. The summed E-state index contributed by atoms with van der Waals surface area (Å²) < 4.78 is 10.1. The van der Waals surface area contributed by atoms with Gasteiger partial charge in [-0.2, -0.15) is 0 Å². The number of rotatable bonds is 9. The van der Waals surface area contributed by atoms with Crippen molar-refractivity contribution in [3.05, 3.63) is 48.6 Å². The van der Waals surface area contributed by atoms with Crippen LogP contribution in [-0.4, -0.2) is 25.8 Å². The Labute approximate surface area is 179 Å².